The van der Waals surface area contributed by atoms with E-state index in [1.807, 2.05) is 13.0 Å². The lowest BCUT2D eigenvalue weighted by Crippen LogP contribution is -2.09. The summed E-state index contributed by atoms with van der Waals surface area (Å²) in [5, 5.41) is 4.15. The number of halogens is 4. The van der Waals surface area contributed by atoms with E-state index in [1.165, 1.54) is 16.9 Å². The number of aromatic nitrogens is 4. The highest BCUT2D eigenvalue weighted by molar-refractivity contribution is 5.81. The normalized spacial score (nSPS) is 11.9. The minimum Gasteiger partial charge on any atom is -0.264 e. The van der Waals surface area contributed by atoms with Crippen LogP contribution in [0.4, 0.5) is 17.6 Å². The molecule has 3 heterocycles. The molecule has 0 aliphatic rings. The van der Waals surface area contributed by atoms with Gasteiger partial charge in [0, 0.05) is 35.3 Å². The summed E-state index contributed by atoms with van der Waals surface area (Å²) in [4.78, 5) is 8.37. The van der Waals surface area contributed by atoms with Crippen LogP contribution in [-0.2, 0) is 6.18 Å². The van der Waals surface area contributed by atoms with Crippen LogP contribution >= 0.6 is 0 Å². The summed E-state index contributed by atoms with van der Waals surface area (Å²) in [6.45, 7) is 1.90. The molecule has 4 nitrogen and oxygen atoms in total. The van der Waals surface area contributed by atoms with Crippen molar-refractivity contribution in [2.45, 2.75) is 13.1 Å². The number of hydrogen-bond acceptors (Lipinski definition) is 3. The molecule has 4 aromatic rings. The Morgan fingerprint density at radius 3 is 2.48 bits per heavy atom. The van der Waals surface area contributed by atoms with Crippen molar-refractivity contribution < 1.29 is 17.6 Å². The lowest BCUT2D eigenvalue weighted by Gasteiger charge is -2.13. The topological polar surface area (TPSA) is 43.1 Å². The minimum atomic E-state index is -4.71. The number of benzene rings is 1. The standard InChI is InChI=1S/C19H12F4N4/c1-11-4-6-24-9-15(11)13-5-7-26-27-17(10-25-18(13)27)14-3-2-12(20)8-16(14)19(21,22)23/h2-10H,1H3. The van der Waals surface area contributed by atoms with E-state index in [4.69, 9.17) is 0 Å². The van der Waals surface area contributed by atoms with Crippen LogP contribution in [0.15, 0.2) is 55.1 Å². The Hall–Kier alpha value is -3.29. The number of rotatable bonds is 2. The van der Waals surface area contributed by atoms with Crippen LogP contribution < -0.4 is 0 Å². The van der Waals surface area contributed by atoms with E-state index in [0.29, 0.717) is 17.3 Å². The maximum Gasteiger partial charge on any atom is 0.417 e. The maximum atomic E-state index is 13.4. The summed E-state index contributed by atoms with van der Waals surface area (Å²) in [5.74, 6) is -0.959. The lowest BCUT2D eigenvalue weighted by atomic mass is 10.0. The molecular weight excluding hydrogens is 360 g/mol. The zero-order valence-electron chi connectivity index (χ0n) is 14.0. The van der Waals surface area contributed by atoms with Crippen molar-refractivity contribution in [3.8, 4) is 22.4 Å². The molecule has 3 aromatic heterocycles. The second-order valence-corrected chi connectivity index (χ2v) is 6.00. The molecule has 0 radical (unpaired) electrons. The highest BCUT2D eigenvalue weighted by atomic mass is 19.4. The van der Waals surface area contributed by atoms with Gasteiger partial charge in [-0.05, 0) is 42.8 Å². The minimum absolute atomic E-state index is 0.126. The number of imidazole rings is 1. The van der Waals surface area contributed by atoms with Gasteiger partial charge in [-0.3, -0.25) is 4.98 Å². The summed E-state index contributed by atoms with van der Waals surface area (Å²) < 4.78 is 54.9. The van der Waals surface area contributed by atoms with Crippen molar-refractivity contribution in [3.63, 3.8) is 0 Å². The highest BCUT2D eigenvalue weighted by Crippen LogP contribution is 2.38. The average molecular weight is 372 g/mol. The van der Waals surface area contributed by atoms with Gasteiger partial charge in [0.1, 0.15) is 5.82 Å². The summed E-state index contributed by atoms with van der Waals surface area (Å²) in [6.07, 6.45) is 1.40. The molecule has 0 fully saturated rings. The van der Waals surface area contributed by atoms with Crippen molar-refractivity contribution >= 4 is 5.65 Å². The average Bonchev–Trinajstić information content (AvgIpc) is 3.05. The fourth-order valence-corrected chi connectivity index (χ4v) is 3.01. The first kappa shape index (κ1) is 17.1. The molecule has 0 saturated heterocycles. The summed E-state index contributed by atoms with van der Waals surface area (Å²) in [7, 11) is 0. The van der Waals surface area contributed by atoms with E-state index in [2.05, 4.69) is 15.1 Å². The number of alkyl halides is 3. The van der Waals surface area contributed by atoms with Gasteiger partial charge < -0.3 is 0 Å². The molecule has 136 valence electrons. The molecule has 0 saturated carbocycles. The number of nitrogens with zero attached hydrogens (tertiary/aromatic N) is 4. The third-order valence-corrected chi connectivity index (χ3v) is 4.29. The second kappa shape index (κ2) is 6.15. The number of pyridine rings is 1. The van der Waals surface area contributed by atoms with Gasteiger partial charge in [0.05, 0.1) is 17.5 Å². The van der Waals surface area contributed by atoms with Crippen molar-refractivity contribution in [1.29, 1.82) is 0 Å². The SMILES string of the molecule is Cc1ccncc1-c1ccnn2c(-c3ccc(F)cc3C(F)(F)F)cnc12. The third-order valence-electron chi connectivity index (χ3n) is 4.29. The van der Waals surface area contributed by atoms with Gasteiger partial charge in [0.25, 0.3) is 0 Å². The predicted octanol–water partition coefficient (Wildman–Crippen LogP) is 4.92. The maximum absolute atomic E-state index is 13.4. The van der Waals surface area contributed by atoms with Gasteiger partial charge in [-0.15, -0.1) is 0 Å². The summed E-state index contributed by atoms with van der Waals surface area (Å²) >= 11 is 0. The zero-order chi connectivity index (χ0) is 19.2. The van der Waals surface area contributed by atoms with E-state index >= 15 is 0 Å². The van der Waals surface area contributed by atoms with Gasteiger partial charge in [0.15, 0.2) is 5.65 Å². The first-order valence-electron chi connectivity index (χ1n) is 7.97. The van der Waals surface area contributed by atoms with E-state index in [-0.39, 0.29) is 11.3 Å². The van der Waals surface area contributed by atoms with E-state index in [1.54, 1.807) is 18.5 Å². The Morgan fingerprint density at radius 2 is 1.74 bits per heavy atom. The van der Waals surface area contributed by atoms with Crippen LogP contribution in [0.25, 0.3) is 28.0 Å². The molecule has 0 aliphatic heterocycles. The molecule has 1 aromatic carbocycles. The molecular formula is C19H12F4N4. The van der Waals surface area contributed by atoms with Gasteiger partial charge >= 0.3 is 6.18 Å². The Balaban J connectivity index is 1.97. The van der Waals surface area contributed by atoms with Crippen molar-refractivity contribution in [2.75, 3.05) is 0 Å². The van der Waals surface area contributed by atoms with E-state index in [9.17, 15) is 17.6 Å². The van der Waals surface area contributed by atoms with Gasteiger partial charge in [-0.25, -0.2) is 13.9 Å². The van der Waals surface area contributed by atoms with Crippen molar-refractivity contribution in [2.24, 2.45) is 0 Å². The second-order valence-electron chi connectivity index (χ2n) is 6.00. The largest absolute Gasteiger partial charge is 0.417 e. The van der Waals surface area contributed by atoms with Crippen molar-refractivity contribution in [3.05, 3.63) is 72.1 Å². The summed E-state index contributed by atoms with van der Waals surface area (Å²) in [6, 6.07) is 6.11. The van der Waals surface area contributed by atoms with Gasteiger partial charge in [-0.2, -0.15) is 18.3 Å². The fraction of sp³-hybridized carbons (Fsp3) is 0.105. The quantitative estimate of drug-likeness (QED) is 0.469. The predicted molar refractivity (Wildman–Crippen MR) is 91.4 cm³/mol. The molecule has 4 rings (SSSR count). The van der Waals surface area contributed by atoms with Crippen LogP contribution in [-0.4, -0.2) is 19.6 Å². The molecule has 27 heavy (non-hydrogen) atoms. The monoisotopic (exact) mass is 372 g/mol. The van der Waals surface area contributed by atoms with Crippen LogP contribution in [0.1, 0.15) is 11.1 Å². The first-order chi connectivity index (χ1) is 12.9. The van der Waals surface area contributed by atoms with Crippen LogP contribution in [0, 0.1) is 12.7 Å². The molecule has 0 bridgehead atoms. The number of hydrogen-bond donors (Lipinski definition) is 0. The Bertz CT molecular complexity index is 1150. The van der Waals surface area contributed by atoms with Crippen LogP contribution in [0.3, 0.4) is 0 Å². The smallest absolute Gasteiger partial charge is 0.264 e. The zero-order valence-corrected chi connectivity index (χ0v) is 14.0. The first-order valence-corrected chi connectivity index (χ1v) is 7.97. The fourth-order valence-electron chi connectivity index (χ4n) is 3.01. The molecule has 0 spiro atoms. The highest BCUT2D eigenvalue weighted by Gasteiger charge is 2.35. The van der Waals surface area contributed by atoms with E-state index < -0.39 is 17.6 Å². The number of fused-ring (bicyclic) bond motifs is 1. The Kier molecular flexibility index (Phi) is 3.91. The molecule has 0 amide bonds. The molecule has 0 atom stereocenters. The van der Waals surface area contributed by atoms with Crippen LogP contribution in [0.5, 0.6) is 0 Å². The molecule has 8 heteroatoms. The molecule has 0 aliphatic carbocycles. The Morgan fingerprint density at radius 1 is 0.926 bits per heavy atom. The lowest BCUT2D eigenvalue weighted by molar-refractivity contribution is -0.137. The van der Waals surface area contributed by atoms with Gasteiger partial charge in [0.2, 0.25) is 0 Å². The molecule has 0 unspecified atom stereocenters. The summed E-state index contributed by atoms with van der Waals surface area (Å²) in [5.41, 5.74) is 1.69. The third kappa shape index (κ3) is 2.92. The van der Waals surface area contributed by atoms with E-state index in [0.717, 1.165) is 23.3 Å². The molecule has 0 N–H and O–H groups in total. The van der Waals surface area contributed by atoms with Crippen LogP contribution in [0.2, 0.25) is 0 Å². The number of aryl methyl sites for hydroxylation is 1. The van der Waals surface area contributed by atoms with Gasteiger partial charge in [-0.1, -0.05) is 0 Å². The van der Waals surface area contributed by atoms with Crippen molar-refractivity contribution in [1.82, 2.24) is 19.6 Å². The Labute approximate surface area is 151 Å².